The molecule has 0 aliphatic heterocycles. The quantitative estimate of drug-likeness (QED) is 0.693. The van der Waals surface area contributed by atoms with E-state index in [0.29, 0.717) is 6.04 Å². The largest absolute Gasteiger partial charge is 0.367 e. The van der Waals surface area contributed by atoms with Crippen molar-refractivity contribution < 1.29 is 0 Å². The van der Waals surface area contributed by atoms with E-state index in [1.165, 1.54) is 12.8 Å². The zero-order valence-corrected chi connectivity index (χ0v) is 6.67. The van der Waals surface area contributed by atoms with Gasteiger partial charge in [-0.15, -0.1) is 0 Å². The van der Waals surface area contributed by atoms with E-state index in [1.807, 2.05) is 25.1 Å². The fraction of sp³-hybridized carbons (Fsp3) is 0.444. The van der Waals surface area contributed by atoms with Crippen LogP contribution in [-0.4, -0.2) is 11.0 Å². The van der Waals surface area contributed by atoms with Crippen molar-refractivity contribution in [1.29, 1.82) is 0 Å². The molecule has 1 saturated carbocycles. The van der Waals surface area contributed by atoms with Crippen molar-refractivity contribution in [3.8, 4) is 0 Å². The predicted molar refractivity (Wildman–Crippen MR) is 45.6 cm³/mol. The molecule has 1 aromatic heterocycles. The van der Waals surface area contributed by atoms with Crippen LogP contribution in [0.3, 0.4) is 0 Å². The molecule has 1 heterocycles. The minimum Gasteiger partial charge on any atom is -0.367 e. The van der Waals surface area contributed by atoms with Crippen LogP contribution in [0, 0.1) is 6.92 Å². The van der Waals surface area contributed by atoms with Crippen molar-refractivity contribution in [2.24, 2.45) is 0 Å². The van der Waals surface area contributed by atoms with Crippen molar-refractivity contribution in [2.45, 2.75) is 25.8 Å². The van der Waals surface area contributed by atoms with Gasteiger partial charge < -0.3 is 5.32 Å². The first-order valence-corrected chi connectivity index (χ1v) is 4.05. The van der Waals surface area contributed by atoms with Gasteiger partial charge in [0.2, 0.25) is 0 Å². The topological polar surface area (TPSA) is 24.9 Å². The SMILES string of the molecule is Cc1cccc(NC2CC2)n1. The summed E-state index contributed by atoms with van der Waals surface area (Å²) in [6.45, 7) is 2.01. The molecule has 1 N–H and O–H groups in total. The molecule has 2 nitrogen and oxygen atoms in total. The zero-order chi connectivity index (χ0) is 7.68. The molecule has 1 aromatic rings. The van der Waals surface area contributed by atoms with Gasteiger partial charge in [0.05, 0.1) is 0 Å². The predicted octanol–water partition coefficient (Wildman–Crippen LogP) is 1.96. The molecular weight excluding hydrogens is 136 g/mol. The van der Waals surface area contributed by atoms with Gasteiger partial charge in [-0.05, 0) is 31.9 Å². The minimum absolute atomic E-state index is 0.698. The Morgan fingerprint density at radius 3 is 2.91 bits per heavy atom. The van der Waals surface area contributed by atoms with Gasteiger partial charge in [-0.3, -0.25) is 0 Å². The summed E-state index contributed by atoms with van der Waals surface area (Å²) in [6.07, 6.45) is 2.60. The van der Waals surface area contributed by atoms with Gasteiger partial charge in [-0.1, -0.05) is 6.07 Å². The van der Waals surface area contributed by atoms with E-state index in [4.69, 9.17) is 0 Å². The molecule has 0 radical (unpaired) electrons. The molecule has 0 spiro atoms. The lowest BCUT2D eigenvalue weighted by Gasteiger charge is -2.02. The van der Waals surface area contributed by atoms with Crippen LogP contribution in [0.4, 0.5) is 5.82 Å². The molecule has 0 atom stereocenters. The van der Waals surface area contributed by atoms with Crippen LogP contribution in [0.25, 0.3) is 0 Å². The Kier molecular flexibility index (Phi) is 1.53. The number of hydrogen-bond donors (Lipinski definition) is 1. The molecule has 0 amide bonds. The van der Waals surface area contributed by atoms with Gasteiger partial charge in [0, 0.05) is 11.7 Å². The Labute approximate surface area is 66.7 Å². The maximum atomic E-state index is 4.34. The van der Waals surface area contributed by atoms with E-state index in [2.05, 4.69) is 10.3 Å². The molecule has 2 rings (SSSR count). The number of aromatic nitrogens is 1. The van der Waals surface area contributed by atoms with Crippen LogP contribution in [-0.2, 0) is 0 Å². The van der Waals surface area contributed by atoms with Crippen LogP contribution in [0.1, 0.15) is 18.5 Å². The standard InChI is InChI=1S/C9H12N2/c1-7-3-2-4-9(10-7)11-8-5-6-8/h2-4,8H,5-6H2,1H3,(H,10,11). The number of nitrogens with zero attached hydrogens (tertiary/aromatic N) is 1. The highest BCUT2D eigenvalue weighted by Crippen LogP contribution is 2.23. The molecule has 1 fully saturated rings. The summed E-state index contributed by atoms with van der Waals surface area (Å²) >= 11 is 0. The van der Waals surface area contributed by atoms with E-state index in [-0.39, 0.29) is 0 Å². The third-order valence-corrected chi connectivity index (χ3v) is 1.82. The van der Waals surface area contributed by atoms with Crippen molar-refractivity contribution in [2.75, 3.05) is 5.32 Å². The fourth-order valence-electron chi connectivity index (χ4n) is 1.06. The van der Waals surface area contributed by atoms with E-state index in [1.54, 1.807) is 0 Å². The molecular formula is C9H12N2. The van der Waals surface area contributed by atoms with Crippen LogP contribution >= 0.6 is 0 Å². The maximum absolute atomic E-state index is 4.34. The number of nitrogens with one attached hydrogen (secondary N) is 1. The molecule has 1 aliphatic carbocycles. The second-order valence-corrected chi connectivity index (χ2v) is 3.08. The summed E-state index contributed by atoms with van der Waals surface area (Å²) in [4.78, 5) is 4.34. The number of anilines is 1. The van der Waals surface area contributed by atoms with Crippen LogP contribution in [0.15, 0.2) is 18.2 Å². The summed E-state index contributed by atoms with van der Waals surface area (Å²) in [7, 11) is 0. The summed E-state index contributed by atoms with van der Waals surface area (Å²) in [5, 5.41) is 3.35. The lowest BCUT2D eigenvalue weighted by atomic mass is 10.4. The Morgan fingerprint density at radius 2 is 2.27 bits per heavy atom. The third kappa shape index (κ3) is 1.70. The second-order valence-electron chi connectivity index (χ2n) is 3.08. The van der Waals surface area contributed by atoms with Crippen molar-refractivity contribution >= 4 is 5.82 Å². The average Bonchev–Trinajstić information content (AvgIpc) is 2.71. The van der Waals surface area contributed by atoms with Crippen molar-refractivity contribution in [1.82, 2.24) is 4.98 Å². The summed E-state index contributed by atoms with van der Waals surface area (Å²) in [6, 6.07) is 6.76. The highest BCUT2D eigenvalue weighted by atomic mass is 15.0. The normalized spacial score (nSPS) is 16.5. The van der Waals surface area contributed by atoms with Gasteiger partial charge in [0.25, 0.3) is 0 Å². The first-order valence-electron chi connectivity index (χ1n) is 4.05. The Morgan fingerprint density at radius 1 is 1.45 bits per heavy atom. The molecule has 2 heteroatoms. The third-order valence-electron chi connectivity index (χ3n) is 1.82. The molecule has 0 unspecified atom stereocenters. The van der Waals surface area contributed by atoms with Crippen LogP contribution in [0.2, 0.25) is 0 Å². The molecule has 0 bridgehead atoms. The molecule has 11 heavy (non-hydrogen) atoms. The zero-order valence-electron chi connectivity index (χ0n) is 6.67. The van der Waals surface area contributed by atoms with E-state index in [9.17, 15) is 0 Å². The fourth-order valence-corrected chi connectivity index (χ4v) is 1.06. The van der Waals surface area contributed by atoms with Crippen molar-refractivity contribution in [3.05, 3.63) is 23.9 Å². The monoisotopic (exact) mass is 148 g/mol. The number of aryl methyl sites for hydroxylation is 1. The smallest absolute Gasteiger partial charge is 0.126 e. The molecule has 58 valence electrons. The van der Waals surface area contributed by atoms with Gasteiger partial charge in [-0.25, -0.2) is 4.98 Å². The molecule has 0 aromatic carbocycles. The Balaban J connectivity index is 2.10. The minimum atomic E-state index is 0.698. The number of hydrogen-bond acceptors (Lipinski definition) is 2. The first kappa shape index (κ1) is 6.65. The van der Waals surface area contributed by atoms with Gasteiger partial charge >= 0.3 is 0 Å². The van der Waals surface area contributed by atoms with Gasteiger partial charge in [0.15, 0.2) is 0 Å². The summed E-state index contributed by atoms with van der Waals surface area (Å²) in [5.41, 5.74) is 1.08. The summed E-state index contributed by atoms with van der Waals surface area (Å²) in [5.74, 6) is 1.02. The van der Waals surface area contributed by atoms with E-state index >= 15 is 0 Å². The average molecular weight is 148 g/mol. The highest BCUT2D eigenvalue weighted by Gasteiger charge is 2.20. The lowest BCUT2D eigenvalue weighted by Crippen LogP contribution is -2.02. The van der Waals surface area contributed by atoms with Gasteiger partial charge in [0.1, 0.15) is 5.82 Å². The maximum Gasteiger partial charge on any atom is 0.126 e. The van der Waals surface area contributed by atoms with Gasteiger partial charge in [-0.2, -0.15) is 0 Å². The van der Waals surface area contributed by atoms with E-state index in [0.717, 1.165) is 11.5 Å². The van der Waals surface area contributed by atoms with E-state index < -0.39 is 0 Å². The lowest BCUT2D eigenvalue weighted by molar-refractivity contribution is 1.09. The second kappa shape index (κ2) is 2.53. The number of rotatable bonds is 2. The molecule has 1 aliphatic rings. The van der Waals surface area contributed by atoms with Crippen molar-refractivity contribution in [3.63, 3.8) is 0 Å². The summed E-state index contributed by atoms with van der Waals surface area (Å²) < 4.78 is 0. The number of pyridine rings is 1. The first-order chi connectivity index (χ1) is 5.34. The van der Waals surface area contributed by atoms with Crippen LogP contribution in [0.5, 0.6) is 0 Å². The highest BCUT2D eigenvalue weighted by molar-refractivity contribution is 5.37. The Hall–Kier alpha value is -1.05. The Bertz CT molecular complexity index is 253. The molecule has 0 saturated heterocycles. The van der Waals surface area contributed by atoms with Crippen LogP contribution < -0.4 is 5.32 Å².